The summed E-state index contributed by atoms with van der Waals surface area (Å²) in [6.07, 6.45) is -4.94. The first-order valence-electron chi connectivity index (χ1n) is 13.1. The lowest BCUT2D eigenvalue weighted by atomic mass is 9.83. The molecule has 5 rings (SSSR count). The van der Waals surface area contributed by atoms with Crippen LogP contribution in [0.15, 0.2) is 36.4 Å². The first-order chi connectivity index (χ1) is 19.2. The van der Waals surface area contributed by atoms with E-state index in [2.05, 4.69) is 10.6 Å². The number of carbonyl (C=O) groups is 4. The number of imide groups is 1. The minimum absolute atomic E-state index is 0.102. The largest absolute Gasteiger partial charge is 0.403 e. The molecule has 3 aliphatic rings. The summed E-state index contributed by atoms with van der Waals surface area (Å²) in [7, 11) is 1.52. The van der Waals surface area contributed by atoms with Crippen LogP contribution in [0.4, 0.5) is 32.4 Å². The maximum absolute atomic E-state index is 14.2. The molecule has 2 fully saturated rings. The van der Waals surface area contributed by atoms with E-state index in [1.54, 1.807) is 18.2 Å². The Hall–Kier alpha value is -4.03. The minimum atomic E-state index is -4.88. The van der Waals surface area contributed by atoms with Crippen molar-refractivity contribution in [2.75, 3.05) is 18.9 Å². The first kappa shape index (κ1) is 28.5. The number of nitrogens with zero attached hydrogens (tertiary/aromatic N) is 2. The maximum Gasteiger partial charge on any atom is 0.403 e. The smallest absolute Gasteiger partial charge is 0.328 e. The van der Waals surface area contributed by atoms with Gasteiger partial charge < -0.3 is 15.1 Å². The molecule has 2 aromatic carbocycles. The molecule has 0 radical (unpaired) electrons. The zero-order valence-corrected chi connectivity index (χ0v) is 22.0. The highest BCUT2D eigenvalue weighted by Crippen LogP contribution is 2.51. The molecule has 2 aromatic rings. The van der Waals surface area contributed by atoms with Crippen molar-refractivity contribution in [3.63, 3.8) is 0 Å². The molecule has 8 nitrogen and oxygen atoms in total. The fraction of sp³-hybridized carbons (Fsp3) is 0.429. The summed E-state index contributed by atoms with van der Waals surface area (Å²) in [4.78, 5) is 53.1. The number of nitrogens with one attached hydrogen (secondary N) is 2. The van der Waals surface area contributed by atoms with Gasteiger partial charge in [0.25, 0.3) is 5.91 Å². The monoisotopic (exact) mass is 578 g/mol. The minimum Gasteiger partial charge on any atom is -0.328 e. The molecule has 1 atom stereocenters. The zero-order valence-electron chi connectivity index (χ0n) is 22.0. The fourth-order valence-electron chi connectivity index (χ4n) is 6.17. The number of fused-ring (bicyclic) bond motifs is 1. The van der Waals surface area contributed by atoms with E-state index in [4.69, 9.17) is 0 Å². The predicted molar refractivity (Wildman–Crippen MR) is 135 cm³/mol. The average molecular weight is 579 g/mol. The highest BCUT2D eigenvalue weighted by molar-refractivity contribution is 6.07. The van der Waals surface area contributed by atoms with Gasteiger partial charge in [-0.15, -0.1) is 0 Å². The molecule has 1 saturated carbocycles. The third-order valence-electron chi connectivity index (χ3n) is 8.37. The molecule has 218 valence electrons. The van der Waals surface area contributed by atoms with Gasteiger partial charge in [-0.25, -0.2) is 13.6 Å². The standard InChI is InChI=1S/C28H27F5N4O4/c1-36-25(41)35-23(39)27(36)12-17-4-5-21(10-18(17)13-27)34-22(38)15-37(14-16-8-19(29)11-20(30)9-16)24(40)26(28(31,32)33)6-2-3-7-26/h4-5,8-11H,2-3,6-7,12-15H2,1H3,(H,34,38)(H,35,39,41). The van der Waals surface area contributed by atoms with Gasteiger partial charge >= 0.3 is 12.2 Å². The van der Waals surface area contributed by atoms with Gasteiger partial charge in [-0.3, -0.25) is 19.7 Å². The van der Waals surface area contributed by atoms with Crippen LogP contribution in [0.5, 0.6) is 0 Å². The van der Waals surface area contributed by atoms with E-state index in [1.807, 2.05) is 0 Å². The fourth-order valence-corrected chi connectivity index (χ4v) is 6.17. The Kier molecular flexibility index (Phi) is 7.03. The number of urea groups is 1. The summed E-state index contributed by atoms with van der Waals surface area (Å²) in [5.41, 5.74) is -2.11. The Balaban J connectivity index is 1.37. The molecule has 1 saturated heterocycles. The molecule has 1 spiro atoms. The average Bonchev–Trinajstić information content (AvgIpc) is 3.57. The predicted octanol–water partition coefficient (Wildman–Crippen LogP) is 4.07. The molecule has 13 heteroatoms. The molecular formula is C28H27F5N4O4. The molecule has 2 N–H and O–H groups in total. The van der Waals surface area contributed by atoms with Crippen molar-refractivity contribution in [2.24, 2.45) is 5.41 Å². The highest BCUT2D eigenvalue weighted by Gasteiger charge is 2.62. The van der Waals surface area contributed by atoms with Crippen LogP contribution in [0.1, 0.15) is 42.4 Å². The maximum atomic E-state index is 14.2. The number of benzene rings is 2. The van der Waals surface area contributed by atoms with E-state index in [1.165, 1.54) is 11.9 Å². The molecule has 1 heterocycles. The van der Waals surface area contributed by atoms with Crippen molar-refractivity contribution >= 4 is 29.4 Å². The highest BCUT2D eigenvalue weighted by atomic mass is 19.4. The van der Waals surface area contributed by atoms with E-state index in [9.17, 15) is 41.1 Å². The summed E-state index contributed by atoms with van der Waals surface area (Å²) in [5.74, 6) is -4.51. The first-order valence-corrected chi connectivity index (χ1v) is 13.1. The van der Waals surface area contributed by atoms with Crippen LogP contribution >= 0.6 is 0 Å². The third kappa shape index (κ3) is 5.02. The van der Waals surface area contributed by atoms with Crippen LogP contribution in [0.3, 0.4) is 0 Å². The van der Waals surface area contributed by atoms with Gasteiger partial charge in [-0.05, 0) is 53.8 Å². The van der Waals surface area contributed by atoms with E-state index in [-0.39, 0.29) is 36.9 Å². The molecule has 1 unspecified atom stereocenters. The Morgan fingerprint density at radius 1 is 1.00 bits per heavy atom. The van der Waals surface area contributed by atoms with Gasteiger partial charge in [0.15, 0.2) is 0 Å². The molecule has 5 amide bonds. The van der Waals surface area contributed by atoms with Crippen molar-refractivity contribution in [2.45, 2.75) is 56.8 Å². The molecular weight excluding hydrogens is 551 g/mol. The van der Waals surface area contributed by atoms with Crippen molar-refractivity contribution in [1.82, 2.24) is 15.1 Å². The molecule has 1 aliphatic heterocycles. The van der Waals surface area contributed by atoms with Crippen LogP contribution in [-0.2, 0) is 33.8 Å². The lowest BCUT2D eigenvalue weighted by Gasteiger charge is -2.35. The van der Waals surface area contributed by atoms with Gasteiger partial charge in [-0.1, -0.05) is 18.9 Å². The van der Waals surface area contributed by atoms with Gasteiger partial charge in [0, 0.05) is 38.2 Å². The number of rotatable bonds is 6. The van der Waals surface area contributed by atoms with Gasteiger partial charge in [0.2, 0.25) is 11.8 Å². The van der Waals surface area contributed by atoms with Crippen molar-refractivity contribution < 1.29 is 41.1 Å². The Morgan fingerprint density at radius 2 is 1.63 bits per heavy atom. The van der Waals surface area contributed by atoms with Crippen molar-refractivity contribution in [3.8, 4) is 0 Å². The normalized spacial score (nSPS) is 21.3. The number of anilines is 1. The number of alkyl halides is 3. The Labute approximate surface area is 231 Å². The SMILES string of the molecule is CN1C(=O)NC(=O)C12Cc1ccc(NC(=O)CN(Cc3cc(F)cc(F)c3)C(=O)C3(C(F)(F)F)CCCC3)cc1C2. The van der Waals surface area contributed by atoms with Crippen LogP contribution < -0.4 is 10.6 Å². The quantitative estimate of drug-likeness (QED) is 0.399. The second kappa shape index (κ2) is 10.1. The number of hydrogen-bond donors (Lipinski definition) is 2. The summed E-state index contributed by atoms with van der Waals surface area (Å²) in [6, 6.07) is 6.71. The Morgan fingerprint density at radius 3 is 2.22 bits per heavy atom. The molecule has 41 heavy (non-hydrogen) atoms. The van der Waals surface area contributed by atoms with E-state index in [0.717, 1.165) is 17.7 Å². The summed E-state index contributed by atoms with van der Waals surface area (Å²) >= 11 is 0. The number of likely N-dealkylation sites (N-methyl/N-ethyl adjacent to an activating group) is 1. The van der Waals surface area contributed by atoms with Gasteiger partial charge in [0.05, 0.1) is 0 Å². The van der Waals surface area contributed by atoms with E-state index >= 15 is 0 Å². The molecule has 2 aliphatic carbocycles. The lowest BCUT2D eigenvalue weighted by Crippen LogP contribution is -2.52. The van der Waals surface area contributed by atoms with Crippen molar-refractivity contribution in [3.05, 3.63) is 64.7 Å². The summed E-state index contributed by atoms with van der Waals surface area (Å²) in [5, 5.41) is 4.86. The molecule has 0 bridgehead atoms. The number of amides is 5. The van der Waals surface area contributed by atoms with Crippen LogP contribution in [0.25, 0.3) is 0 Å². The second-order valence-electron chi connectivity index (χ2n) is 11.0. The number of carbonyl (C=O) groups excluding carboxylic acids is 4. The summed E-state index contributed by atoms with van der Waals surface area (Å²) in [6.45, 7) is -1.41. The Bertz CT molecular complexity index is 1420. The third-order valence-corrected chi connectivity index (χ3v) is 8.37. The van der Waals surface area contributed by atoms with E-state index < -0.39 is 78.4 Å². The molecule has 0 aromatic heterocycles. The van der Waals surface area contributed by atoms with Crippen LogP contribution in [0, 0.1) is 17.0 Å². The number of hydrogen-bond acceptors (Lipinski definition) is 4. The van der Waals surface area contributed by atoms with Crippen molar-refractivity contribution in [1.29, 1.82) is 0 Å². The lowest BCUT2D eigenvalue weighted by molar-refractivity contribution is -0.226. The number of halogens is 5. The van der Waals surface area contributed by atoms with E-state index in [0.29, 0.717) is 16.5 Å². The second-order valence-corrected chi connectivity index (χ2v) is 11.0. The van der Waals surface area contributed by atoms with Crippen LogP contribution in [-0.4, -0.2) is 58.9 Å². The topological polar surface area (TPSA) is 98.8 Å². The van der Waals surface area contributed by atoms with Gasteiger partial charge in [0.1, 0.15) is 29.1 Å². The summed E-state index contributed by atoms with van der Waals surface area (Å²) < 4.78 is 70.2. The van der Waals surface area contributed by atoms with Crippen LogP contribution in [0.2, 0.25) is 0 Å². The van der Waals surface area contributed by atoms with Gasteiger partial charge in [-0.2, -0.15) is 13.2 Å². The zero-order chi connectivity index (χ0) is 29.7.